The molecule has 25 heavy (non-hydrogen) atoms. The van der Waals surface area contributed by atoms with E-state index in [1.807, 2.05) is 0 Å². The van der Waals surface area contributed by atoms with Gasteiger partial charge in [-0.05, 0) is 38.8 Å². The van der Waals surface area contributed by atoms with Crippen LogP contribution in [0.15, 0.2) is 18.2 Å². The van der Waals surface area contributed by atoms with Crippen LogP contribution in [0.1, 0.15) is 32.3 Å². The molecule has 2 amide bonds. The first kappa shape index (κ1) is 19.0. The minimum Gasteiger partial charge on any atom is -0.481 e. The molecule has 3 N–H and O–H groups in total. The van der Waals surface area contributed by atoms with Crippen molar-refractivity contribution in [3.05, 3.63) is 23.8 Å². The van der Waals surface area contributed by atoms with Crippen LogP contribution < -0.4 is 14.9 Å². The van der Waals surface area contributed by atoms with Crippen LogP contribution in [-0.4, -0.2) is 43.9 Å². The first-order valence-corrected chi connectivity index (χ1v) is 9.75. The number of carbonyl (C=O) groups excluding carboxylic acids is 1. The molecule has 1 heterocycles. The Bertz CT molecular complexity index is 789. The number of nitrogens with zero attached hydrogens (tertiary/aromatic N) is 1. The monoisotopic (exact) mass is 369 g/mol. The second-order valence-electron chi connectivity index (χ2n) is 6.75. The number of carbonyl (C=O) groups is 2. The molecule has 0 aliphatic carbocycles. The Morgan fingerprint density at radius 3 is 2.60 bits per heavy atom. The van der Waals surface area contributed by atoms with Crippen molar-refractivity contribution in [3.63, 3.8) is 0 Å². The summed E-state index contributed by atoms with van der Waals surface area (Å²) in [6.07, 6.45) is 1.92. The predicted octanol–water partition coefficient (Wildman–Crippen LogP) is 1.77. The molecular weight excluding hydrogens is 346 g/mol. The van der Waals surface area contributed by atoms with Crippen molar-refractivity contribution >= 4 is 33.4 Å². The molecule has 0 fully saturated rings. The molecule has 8 nitrogen and oxygen atoms in total. The zero-order valence-electron chi connectivity index (χ0n) is 14.5. The van der Waals surface area contributed by atoms with Gasteiger partial charge in [0, 0.05) is 29.8 Å². The van der Waals surface area contributed by atoms with Crippen molar-refractivity contribution in [1.82, 2.24) is 5.32 Å². The van der Waals surface area contributed by atoms with E-state index in [4.69, 9.17) is 5.11 Å². The number of rotatable bonds is 6. The topological polar surface area (TPSA) is 116 Å². The van der Waals surface area contributed by atoms with Gasteiger partial charge in [0.05, 0.1) is 11.9 Å². The summed E-state index contributed by atoms with van der Waals surface area (Å²) in [4.78, 5) is 22.9. The molecule has 0 aromatic heterocycles. The van der Waals surface area contributed by atoms with Gasteiger partial charge in [-0.3, -0.25) is 9.10 Å². The largest absolute Gasteiger partial charge is 0.481 e. The van der Waals surface area contributed by atoms with Crippen LogP contribution in [0.2, 0.25) is 0 Å². The van der Waals surface area contributed by atoms with E-state index in [0.717, 1.165) is 11.8 Å². The number of anilines is 2. The number of sulfonamides is 1. The van der Waals surface area contributed by atoms with E-state index in [0.29, 0.717) is 30.8 Å². The van der Waals surface area contributed by atoms with Crippen LogP contribution in [-0.2, 0) is 21.2 Å². The Hall–Kier alpha value is -2.29. The summed E-state index contributed by atoms with van der Waals surface area (Å²) >= 11 is 0. The number of carboxylic acid groups (broad SMARTS) is 1. The van der Waals surface area contributed by atoms with Gasteiger partial charge in [0.15, 0.2) is 0 Å². The van der Waals surface area contributed by atoms with E-state index in [1.165, 1.54) is 4.31 Å². The fourth-order valence-electron chi connectivity index (χ4n) is 2.81. The van der Waals surface area contributed by atoms with Crippen molar-refractivity contribution in [3.8, 4) is 0 Å². The normalized spacial score (nSPS) is 14.1. The first-order valence-electron chi connectivity index (χ1n) is 7.90. The van der Waals surface area contributed by atoms with E-state index in [2.05, 4.69) is 10.6 Å². The fraction of sp³-hybridized carbons (Fsp3) is 0.500. The number of amides is 2. The minimum absolute atomic E-state index is 0.0443. The molecule has 1 aromatic carbocycles. The number of fused-ring (bicyclic) bond motifs is 1. The number of urea groups is 1. The second kappa shape index (κ2) is 6.91. The lowest BCUT2D eigenvalue weighted by molar-refractivity contribution is -0.137. The smallest absolute Gasteiger partial charge is 0.319 e. The number of benzene rings is 1. The molecule has 0 saturated carbocycles. The lowest BCUT2D eigenvalue weighted by Gasteiger charge is -2.26. The maximum Gasteiger partial charge on any atom is 0.319 e. The van der Waals surface area contributed by atoms with Gasteiger partial charge in [0.25, 0.3) is 0 Å². The summed E-state index contributed by atoms with van der Waals surface area (Å²) in [5.41, 5.74) is 1.21. The van der Waals surface area contributed by atoms with Crippen molar-refractivity contribution in [2.75, 3.05) is 22.4 Å². The number of carboxylic acids is 1. The predicted molar refractivity (Wildman–Crippen MR) is 95.4 cm³/mol. The van der Waals surface area contributed by atoms with Gasteiger partial charge in [-0.2, -0.15) is 0 Å². The molecule has 0 spiro atoms. The van der Waals surface area contributed by atoms with Gasteiger partial charge in [0.2, 0.25) is 10.0 Å². The fourth-order valence-corrected chi connectivity index (χ4v) is 3.76. The zero-order chi connectivity index (χ0) is 18.8. The molecule has 0 saturated heterocycles. The molecule has 9 heteroatoms. The van der Waals surface area contributed by atoms with Gasteiger partial charge in [-0.25, -0.2) is 13.2 Å². The third kappa shape index (κ3) is 4.85. The Kier molecular flexibility index (Phi) is 5.26. The lowest BCUT2D eigenvalue weighted by atomic mass is 9.99. The molecule has 0 atom stereocenters. The Morgan fingerprint density at radius 2 is 2.00 bits per heavy atom. The summed E-state index contributed by atoms with van der Waals surface area (Å²) in [6.45, 7) is 3.84. The molecular formula is C16H23N3O5S. The van der Waals surface area contributed by atoms with Crippen molar-refractivity contribution in [2.24, 2.45) is 0 Å². The van der Waals surface area contributed by atoms with Gasteiger partial charge >= 0.3 is 12.0 Å². The zero-order valence-corrected chi connectivity index (χ0v) is 15.3. The van der Waals surface area contributed by atoms with E-state index in [9.17, 15) is 18.0 Å². The Labute approximate surface area is 147 Å². The van der Waals surface area contributed by atoms with E-state index in [1.54, 1.807) is 32.0 Å². The number of hydrogen-bond donors (Lipinski definition) is 3. The summed E-state index contributed by atoms with van der Waals surface area (Å²) in [7, 11) is -3.36. The SMILES string of the molecule is CC(C)(CCC(=O)O)NC(=O)Nc1cccc2c1CCN2S(C)(=O)=O. The molecule has 1 aliphatic rings. The molecule has 0 unspecified atom stereocenters. The van der Waals surface area contributed by atoms with Crippen LogP contribution in [0.5, 0.6) is 0 Å². The highest BCUT2D eigenvalue weighted by Gasteiger charge is 2.29. The maximum absolute atomic E-state index is 12.2. The lowest BCUT2D eigenvalue weighted by Crippen LogP contribution is -2.45. The Morgan fingerprint density at radius 1 is 1.32 bits per heavy atom. The summed E-state index contributed by atoms with van der Waals surface area (Å²) in [5.74, 6) is -0.919. The summed E-state index contributed by atoms with van der Waals surface area (Å²) < 4.78 is 25.0. The maximum atomic E-state index is 12.2. The van der Waals surface area contributed by atoms with Gasteiger partial charge in [-0.15, -0.1) is 0 Å². The highest BCUT2D eigenvalue weighted by molar-refractivity contribution is 7.92. The summed E-state index contributed by atoms with van der Waals surface area (Å²) in [6, 6.07) is 4.66. The van der Waals surface area contributed by atoms with Crippen molar-refractivity contribution in [1.29, 1.82) is 0 Å². The standard InChI is InChI=1S/C16H23N3O5S/c1-16(2,9-7-14(20)21)18-15(22)17-12-5-4-6-13-11(12)8-10-19(13)25(3,23)24/h4-6H,7-10H2,1-3H3,(H,20,21)(H2,17,18,22). The molecule has 2 rings (SSSR count). The quantitative estimate of drug-likeness (QED) is 0.707. The van der Waals surface area contributed by atoms with Gasteiger partial charge in [0.1, 0.15) is 0 Å². The Balaban J connectivity index is 2.11. The minimum atomic E-state index is -3.36. The highest BCUT2D eigenvalue weighted by atomic mass is 32.2. The van der Waals surface area contributed by atoms with Crippen LogP contribution in [0.3, 0.4) is 0 Å². The first-order chi connectivity index (χ1) is 11.5. The summed E-state index contributed by atoms with van der Waals surface area (Å²) in [5, 5.41) is 14.2. The van der Waals surface area contributed by atoms with Gasteiger partial charge in [-0.1, -0.05) is 6.07 Å². The number of hydrogen-bond acceptors (Lipinski definition) is 4. The van der Waals surface area contributed by atoms with Crippen LogP contribution in [0.25, 0.3) is 0 Å². The van der Waals surface area contributed by atoms with Crippen LogP contribution in [0, 0.1) is 0 Å². The van der Waals surface area contributed by atoms with Crippen molar-refractivity contribution < 1.29 is 23.1 Å². The average molecular weight is 369 g/mol. The average Bonchev–Trinajstić information content (AvgIpc) is 2.89. The second-order valence-corrected chi connectivity index (χ2v) is 8.65. The van der Waals surface area contributed by atoms with E-state index < -0.39 is 27.6 Å². The third-order valence-electron chi connectivity index (χ3n) is 4.05. The molecule has 0 radical (unpaired) electrons. The van der Waals surface area contributed by atoms with E-state index >= 15 is 0 Å². The van der Waals surface area contributed by atoms with Crippen LogP contribution in [0.4, 0.5) is 16.2 Å². The molecule has 1 aliphatic heterocycles. The molecule has 0 bridgehead atoms. The molecule has 1 aromatic rings. The van der Waals surface area contributed by atoms with Crippen LogP contribution >= 0.6 is 0 Å². The highest BCUT2D eigenvalue weighted by Crippen LogP contribution is 2.35. The van der Waals surface area contributed by atoms with Gasteiger partial charge < -0.3 is 15.7 Å². The third-order valence-corrected chi connectivity index (χ3v) is 5.23. The van der Waals surface area contributed by atoms with Crippen molar-refractivity contribution in [2.45, 2.75) is 38.6 Å². The molecule has 138 valence electrons. The number of nitrogens with one attached hydrogen (secondary N) is 2. The van der Waals surface area contributed by atoms with E-state index in [-0.39, 0.29) is 6.42 Å². The number of aliphatic carboxylic acids is 1.